The van der Waals surface area contributed by atoms with Crippen LogP contribution in [0.15, 0.2) is 18.2 Å². The highest BCUT2D eigenvalue weighted by Gasteiger charge is 2.28. The second-order valence-electron chi connectivity index (χ2n) is 6.65. The number of sulfonamides is 1. The Hall–Kier alpha value is -2.09. The Morgan fingerprint density at radius 2 is 1.70 bits per heavy atom. The zero-order valence-electron chi connectivity index (χ0n) is 16.2. The molecule has 0 aromatic heterocycles. The zero-order chi connectivity index (χ0) is 20.0. The summed E-state index contributed by atoms with van der Waals surface area (Å²) in [5.74, 6) is -0.741. The number of nitrogens with zero attached hydrogens (tertiary/aromatic N) is 2. The number of hydrogen-bond acceptors (Lipinski definition) is 5. The molecule has 0 bridgehead atoms. The summed E-state index contributed by atoms with van der Waals surface area (Å²) in [6, 6.07) is 4.53. The molecule has 1 aliphatic rings. The second-order valence-corrected chi connectivity index (χ2v) is 8.66. The van der Waals surface area contributed by atoms with Crippen molar-refractivity contribution in [3.8, 4) is 0 Å². The third-order valence-corrected chi connectivity index (χ3v) is 6.37. The van der Waals surface area contributed by atoms with E-state index in [0.717, 1.165) is 19.3 Å². The number of hydrogen-bond donors (Lipinski definition) is 0. The molecular formula is C19H28N2O5S. The number of anilines is 1. The van der Waals surface area contributed by atoms with Gasteiger partial charge in [0, 0.05) is 25.2 Å². The van der Waals surface area contributed by atoms with E-state index in [1.807, 2.05) is 13.8 Å². The Labute approximate surface area is 161 Å². The quantitative estimate of drug-likeness (QED) is 0.662. The fourth-order valence-electron chi connectivity index (χ4n) is 3.23. The van der Waals surface area contributed by atoms with Crippen molar-refractivity contribution in [2.45, 2.75) is 39.5 Å². The highest BCUT2D eigenvalue weighted by molar-refractivity contribution is 7.92. The van der Waals surface area contributed by atoms with Crippen molar-refractivity contribution in [1.29, 1.82) is 0 Å². The molecule has 1 aromatic rings. The van der Waals surface area contributed by atoms with E-state index in [1.54, 1.807) is 11.0 Å². The molecule has 27 heavy (non-hydrogen) atoms. The maximum atomic E-state index is 13.0. The lowest BCUT2D eigenvalue weighted by Gasteiger charge is -2.29. The predicted molar refractivity (Wildman–Crippen MR) is 105 cm³/mol. The van der Waals surface area contributed by atoms with Gasteiger partial charge in [0.25, 0.3) is 5.91 Å². The molecule has 2 rings (SSSR count). The minimum Gasteiger partial charge on any atom is -0.465 e. The molecule has 0 unspecified atom stereocenters. The van der Waals surface area contributed by atoms with E-state index in [9.17, 15) is 18.0 Å². The van der Waals surface area contributed by atoms with Crippen molar-refractivity contribution >= 4 is 27.6 Å². The van der Waals surface area contributed by atoms with Gasteiger partial charge in [-0.15, -0.1) is 0 Å². The van der Waals surface area contributed by atoms with Crippen LogP contribution in [0.3, 0.4) is 0 Å². The number of amides is 1. The Morgan fingerprint density at radius 3 is 2.26 bits per heavy atom. The van der Waals surface area contributed by atoms with Crippen molar-refractivity contribution in [1.82, 2.24) is 4.90 Å². The zero-order valence-corrected chi connectivity index (χ0v) is 17.0. The van der Waals surface area contributed by atoms with Crippen LogP contribution in [0.4, 0.5) is 5.69 Å². The molecule has 1 amide bonds. The van der Waals surface area contributed by atoms with Crippen LogP contribution >= 0.6 is 0 Å². The molecule has 1 heterocycles. The lowest BCUT2D eigenvalue weighted by atomic mass is 10.1. The van der Waals surface area contributed by atoms with Crippen LogP contribution < -0.4 is 4.31 Å². The van der Waals surface area contributed by atoms with Gasteiger partial charge in [-0.05, 0) is 43.9 Å². The average molecular weight is 397 g/mol. The van der Waals surface area contributed by atoms with E-state index in [4.69, 9.17) is 4.74 Å². The Balaban J connectivity index is 2.51. The minimum absolute atomic E-state index is 0.0660. The number of carbonyl (C=O) groups excluding carboxylic acids is 2. The van der Waals surface area contributed by atoms with Crippen LogP contribution in [0.5, 0.6) is 0 Å². The summed E-state index contributed by atoms with van der Waals surface area (Å²) in [6.07, 6.45) is 2.98. The van der Waals surface area contributed by atoms with Gasteiger partial charge in [-0.3, -0.25) is 9.10 Å². The first kappa shape index (κ1) is 21.2. The van der Waals surface area contributed by atoms with Gasteiger partial charge in [-0.2, -0.15) is 0 Å². The van der Waals surface area contributed by atoms with Crippen molar-refractivity contribution in [3.63, 3.8) is 0 Å². The van der Waals surface area contributed by atoms with E-state index in [1.165, 1.54) is 23.5 Å². The van der Waals surface area contributed by atoms with E-state index in [2.05, 4.69) is 0 Å². The lowest BCUT2D eigenvalue weighted by molar-refractivity contribution is 0.0600. The molecule has 1 saturated heterocycles. The van der Waals surface area contributed by atoms with Gasteiger partial charge >= 0.3 is 5.97 Å². The van der Waals surface area contributed by atoms with Crippen LogP contribution in [0.25, 0.3) is 0 Å². The molecule has 0 N–H and O–H groups in total. The summed E-state index contributed by atoms with van der Waals surface area (Å²) < 4.78 is 31.0. The Kier molecular flexibility index (Phi) is 7.24. The molecule has 1 aliphatic heterocycles. The molecule has 1 fully saturated rings. The molecule has 8 heteroatoms. The van der Waals surface area contributed by atoms with Gasteiger partial charge in [0.1, 0.15) is 0 Å². The first-order valence-corrected chi connectivity index (χ1v) is 11.0. The van der Waals surface area contributed by atoms with Crippen LogP contribution in [0, 0.1) is 0 Å². The van der Waals surface area contributed by atoms with Crippen LogP contribution in [-0.2, 0) is 14.8 Å². The van der Waals surface area contributed by atoms with Gasteiger partial charge in [-0.1, -0.05) is 13.8 Å². The number of esters is 1. The topological polar surface area (TPSA) is 84.0 Å². The van der Waals surface area contributed by atoms with Crippen LogP contribution in [-0.4, -0.2) is 57.7 Å². The van der Waals surface area contributed by atoms with Crippen molar-refractivity contribution in [2.24, 2.45) is 0 Å². The van der Waals surface area contributed by atoms with Crippen molar-refractivity contribution in [3.05, 3.63) is 29.3 Å². The average Bonchev–Trinajstić information content (AvgIpc) is 2.65. The number of rotatable bonds is 7. The summed E-state index contributed by atoms with van der Waals surface area (Å²) in [5.41, 5.74) is 0.816. The molecular weight excluding hydrogens is 368 g/mol. The molecule has 150 valence electrons. The smallest absolute Gasteiger partial charge is 0.337 e. The van der Waals surface area contributed by atoms with Crippen molar-refractivity contribution < 1.29 is 22.7 Å². The highest BCUT2D eigenvalue weighted by atomic mass is 32.2. The largest absolute Gasteiger partial charge is 0.465 e. The number of benzene rings is 1. The molecule has 0 radical (unpaired) electrons. The number of carbonyl (C=O) groups is 2. The summed E-state index contributed by atoms with van der Waals surface area (Å²) in [7, 11) is -2.19. The predicted octanol–water partition coefficient (Wildman–Crippen LogP) is 2.67. The van der Waals surface area contributed by atoms with Crippen molar-refractivity contribution in [2.75, 3.05) is 36.8 Å². The summed E-state index contributed by atoms with van der Waals surface area (Å²) in [5, 5.41) is 0. The Morgan fingerprint density at radius 1 is 1.07 bits per heavy atom. The van der Waals surface area contributed by atoms with Gasteiger partial charge in [-0.25, -0.2) is 13.2 Å². The molecule has 0 aliphatic carbocycles. The van der Waals surface area contributed by atoms with Crippen LogP contribution in [0.2, 0.25) is 0 Å². The molecule has 7 nitrogen and oxygen atoms in total. The molecule has 1 aromatic carbocycles. The summed E-state index contributed by atoms with van der Waals surface area (Å²) in [6.45, 7) is 5.53. The van der Waals surface area contributed by atoms with Crippen LogP contribution in [0.1, 0.15) is 60.2 Å². The third-order valence-electron chi connectivity index (χ3n) is 4.50. The third kappa shape index (κ3) is 5.00. The molecule has 0 saturated carbocycles. The second kappa shape index (κ2) is 9.21. The summed E-state index contributed by atoms with van der Waals surface area (Å²) in [4.78, 5) is 26.8. The van der Waals surface area contributed by atoms with Gasteiger partial charge < -0.3 is 9.64 Å². The molecule has 0 atom stereocenters. The minimum atomic E-state index is -3.45. The maximum absolute atomic E-state index is 13.0. The van der Waals surface area contributed by atoms with E-state index >= 15 is 0 Å². The van der Waals surface area contributed by atoms with Gasteiger partial charge in [0.05, 0.1) is 24.1 Å². The lowest BCUT2D eigenvalue weighted by Crippen LogP contribution is -2.38. The standard InChI is InChI=1S/C19H28N2O5S/c1-4-8-20(9-5-2)18(22)15-12-16(19(23)26-3)14-17(13-15)21-10-6-7-11-27(21,24)25/h12-14H,4-11H2,1-3H3. The normalized spacial score (nSPS) is 16.0. The fraction of sp³-hybridized carbons (Fsp3) is 0.579. The first-order valence-electron chi connectivity index (χ1n) is 9.37. The van der Waals surface area contributed by atoms with Gasteiger partial charge in [0.15, 0.2) is 0 Å². The fourth-order valence-corrected chi connectivity index (χ4v) is 4.85. The first-order chi connectivity index (χ1) is 12.8. The number of methoxy groups -OCH3 is 1. The van der Waals surface area contributed by atoms with Gasteiger partial charge in [0.2, 0.25) is 10.0 Å². The van der Waals surface area contributed by atoms with E-state index in [-0.39, 0.29) is 17.2 Å². The Bertz CT molecular complexity index is 785. The monoisotopic (exact) mass is 396 g/mol. The van der Waals surface area contributed by atoms with E-state index < -0.39 is 16.0 Å². The maximum Gasteiger partial charge on any atom is 0.337 e. The molecule has 0 spiro atoms. The summed E-state index contributed by atoms with van der Waals surface area (Å²) >= 11 is 0. The number of ether oxygens (including phenoxy) is 1. The SMILES string of the molecule is CCCN(CCC)C(=O)c1cc(C(=O)OC)cc(N2CCCCS2(=O)=O)c1. The van der Waals surface area contributed by atoms with E-state index in [0.29, 0.717) is 37.3 Å². The highest BCUT2D eigenvalue weighted by Crippen LogP contribution is 2.27.